The molecule has 0 saturated carbocycles. The van der Waals surface area contributed by atoms with Gasteiger partial charge in [0.25, 0.3) is 0 Å². The molecule has 0 aromatic rings. The van der Waals surface area contributed by atoms with Crippen molar-refractivity contribution < 1.29 is 16.8 Å². The minimum Gasteiger partial charge on any atom is -0.229 e. The molecule has 8 heteroatoms. The second-order valence-electron chi connectivity index (χ2n) is 3.93. The van der Waals surface area contributed by atoms with Crippen molar-refractivity contribution in [3.8, 4) is 0 Å². The maximum absolute atomic E-state index is 11.2. The van der Waals surface area contributed by atoms with Crippen molar-refractivity contribution in [3.05, 3.63) is 0 Å². The van der Waals surface area contributed by atoms with Gasteiger partial charge in [0.2, 0.25) is 20.0 Å². The first-order chi connectivity index (χ1) is 6.68. The van der Waals surface area contributed by atoms with Gasteiger partial charge in [-0.15, -0.1) is 0 Å². The van der Waals surface area contributed by atoms with Gasteiger partial charge in [0.05, 0.1) is 12.0 Å². The molecule has 1 aliphatic heterocycles. The van der Waals surface area contributed by atoms with Gasteiger partial charge in [-0.05, 0) is 18.8 Å². The summed E-state index contributed by atoms with van der Waals surface area (Å²) in [7, 11) is -6.59. The molecule has 15 heavy (non-hydrogen) atoms. The molecule has 1 fully saturated rings. The van der Waals surface area contributed by atoms with Crippen molar-refractivity contribution in [3.63, 3.8) is 0 Å². The second-order valence-corrected chi connectivity index (χ2v) is 7.58. The molecule has 0 aromatic carbocycles. The Morgan fingerprint density at radius 2 is 1.67 bits per heavy atom. The molecule has 1 aliphatic rings. The third kappa shape index (κ3) is 4.45. The molecule has 0 aliphatic carbocycles. The molecule has 1 heterocycles. The first-order valence-corrected chi connectivity index (χ1v) is 8.20. The fourth-order valence-electron chi connectivity index (χ4n) is 1.74. The fourth-order valence-corrected chi connectivity index (χ4v) is 3.60. The number of sulfonamides is 2. The minimum absolute atomic E-state index is 0.0157. The van der Waals surface area contributed by atoms with Crippen molar-refractivity contribution in [2.24, 2.45) is 11.1 Å². The van der Waals surface area contributed by atoms with Gasteiger partial charge in [-0.25, -0.2) is 26.3 Å². The predicted octanol–water partition coefficient (Wildman–Crippen LogP) is -1.05. The molecule has 0 amide bonds. The van der Waals surface area contributed by atoms with Crippen LogP contribution >= 0.6 is 0 Å². The van der Waals surface area contributed by atoms with Crippen LogP contribution in [0.4, 0.5) is 0 Å². The number of primary sulfonamides is 1. The number of rotatable bonds is 3. The molecule has 0 bridgehead atoms. The third-order valence-electron chi connectivity index (χ3n) is 2.51. The molecule has 0 unspecified atom stereocenters. The van der Waals surface area contributed by atoms with Crippen LogP contribution in [0.1, 0.15) is 12.8 Å². The number of nitrogens with two attached hydrogens (primary N) is 1. The third-order valence-corrected chi connectivity index (χ3v) is 4.75. The van der Waals surface area contributed by atoms with Crippen LogP contribution < -0.4 is 5.14 Å². The highest BCUT2D eigenvalue weighted by atomic mass is 32.2. The number of piperidine rings is 1. The van der Waals surface area contributed by atoms with Gasteiger partial charge in [0.15, 0.2) is 0 Å². The Kier molecular flexibility index (Phi) is 3.75. The number of hydrogen-bond acceptors (Lipinski definition) is 4. The molecule has 2 N–H and O–H groups in total. The fraction of sp³-hybridized carbons (Fsp3) is 1.00. The van der Waals surface area contributed by atoms with E-state index in [4.69, 9.17) is 5.14 Å². The van der Waals surface area contributed by atoms with E-state index >= 15 is 0 Å². The van der Waals surface area contributed by atoms with E-state index in [1.165, 1.54) is 4.31 Å². The Bertz CT molecular complexity index is 406. The maximum atomic E-state index is 11.2. The Morgan fingerprint density at radius 3 is 2.00 bits per heavy atom. The Morgan fingerprint density at radius 1 is 1.20 bits per heavy atom. The molecular weight excluding hydrogens is 240 g/mol. The van der Waals surface area contributed by atoms with E-state index in [1.807, 2.05) is 0 Å². The van der Waals surface area contributed by atoms with E-state index in [-0.39, 0.29) is 11.7 Å². The van der Waals surface area contributed by atoms with Gasteiger partial charge < -0.3 is 0 Å². The first-order valence-electron chi connectivity index (χ1n) is 4.64. The van der Waals surface area contributed by atoms with Gasteiger partial charge in [0, 0.05) is 13.1 Å². The van der Waals surface area contributed by atoms with Gasteiger partial charge in [-0.2, -0.15) is 0 Å². The van der Waals surface area contributed by atoms with Crippen LogP contribution in [0.3, 0.4) is 0 Å². The SMILES string of the molecule is CS(=O)(=O)N1CCC(CS(N)(=O)=O)CC1. The molecule has 6 nitrogen and oxygen atoms in total. The molecule has 0 spiro atoms. The van der Waals surface area contributed by atoms with Crippen molar-refractivity contribution in [2.75, 3.05) is 25.1 Å². The van der Waals surface area contributed by atoms with Gasteiger partial charge >= 0.3 is 0 Å². The molecule has 90 valence electrons. The quantitative estimate of drug-likeness (QED) is 0.696. The minimum atomic E-state index is -3.44. The summed E-state index contributed by atoms with van der Waals surface area (Å²) < 4.78 is 45.3. The Balaban J connectivity index is 2.50. The van der Waals surface area contributed by atoms with E-state index in [2.05, 4.69) is 0 Å². The van der Waals surface area contributed by atoms with Crippen LogP contribution in [-0.2, 0) is 20.0 Å². The van der Waals surface area contributed by atoms with Crippen LogP contribution in [-0.4, -0.2) is 46.2 Å². The summed E-state index contributed by atoms with van der Waals surface area (Å²) in [4.78, 5) is 0. The smallest absolute Gasteiger partial charge is 0.211 e. The summed E-state index contributed by atoms with van der Waals surface area (Å²) >= 11 is 0. The van der Waals surface area contributed by atoms with Crippen LogP contribution in [0.25, 0.3) is 0 Å². The molecule has 0 radical (unpaired) electrons. The standard InChI is InChI=1S/C7H16N2O4S2/c1-14(10,11)9-4-2-7(3-5-9)6-15(8,12)13/h7H,2-6H2,1H3,(H2,8,12,13). The monoisotopic (exact) mass is 256 g/mol. The van der Waals surface area contributed by atoms with Crippen LogP contribution in [0.2, 0.25) is 0 Å². The zero-order valence-electron chi connectivity index (χ0n) is 8.59. The van der Waals surface area contributed by atoms with Crippen LogP contribution in [0, 0.1) is 5.92 Å². The highest BCUT2D eigenvalue weighted by Crippen LogP contribution is 2.19. The number of nitrogens with zero attached hydrogens (tertiary/aromatic N) is 1. The Labute approximate surface area is 90.5 Å². The van der Waals surface area contributed by atoms with E-state index in [0.29, 0.717) is 25.9 Å². The van der Waals surface area contributed by atoms with E-state index in [9.17, 15) is 16.8 Å². The van der Waals surface area contributed by atoms with E-state index in [1.54, 1.807) is 0 Å². The molecule has 0 atom stereocenters. The van der Waals surface area contributed by atoms with Crippen LogP contribution in [0.5, 0.6) is 0 Å². The molecule has 0 aromatic heterocycles. The Hall–Kier alpha value is -0.180. The van der Waals surface area contributed by atoms with Crippen molar-refractivity contribution in [1.29, 1.82) is 0 Å². The second kappa shape index (κ2) is 4.36. The average molecular weight is 256 g/mol. The van der Waals surface area contributed by atoms with Crippen molar-refractivity contribution >= 4 is 20.0 Å². The van der Waals surface area contributed by atoms with E-state index < -0.39 is 20.0 Å². The summed E-state index contributed by atoms with van der Waals surface area (Å²) in [5.41, 5.74) is 0. The zero-order chi connectivity index (χ0) is 11.7. The normalized spacial score (nSPS) is 21.7. The van der Waals surface area contributed by atoms with Gasteiger partial charge in [-0.1, -0.05) is 0 Å². The molecule has 1 saturated heterocycles. The van der Waals surface area contributed by atoms with Gasteiger partial charge in [-0.3, -0.25) is 0 Å². The van der Waals surface area contributed by atoms with Crippen LogP contribution in [0.15, 0.2) is 0 Å². The first kappa shape index (κ1) is 12.9. The predicted molar refractivity (Wildman–Crippen MR) is 57.1 cm³/mol. The molecular formula is C7H16N2O4S2. The summed E-state index contributed by atoms with van der Waals surface area (Å²) in [5, 5.41) is 4.93. The summed E-state index contributed by atoms with van der Waals surface area (Å²) in [6.07, 6.45) is 2.28. The van der Waals surface area contributed by atoms with Crippen molar-refractivity contribution in [2.45, 2.75) is 12.8 Å². The lowest BCUT2D eigenvalue weighted by molar-refractivity contribution is 0.290. The zero-order valence-corrected chi connectivity index (χ0v) is 10.2. The summed E-state index contributed by atoms with van der Waals surface area (Å²) in [6.45, 7) is 0.776. The highest BCUT2D eigenvalue weighted by molar-refractivity contribution is 7.89. The average Bonchev–Trinajstić information content (AvgIpc) is 2.00. The van der Waals surface area contributed by atoms with E-state index in [0.717, 1.165) is 6.26 Å². The topological polar surface area (TPSA) is 97.5 Å². The largest absolute Gasteiger partial charge is 0.229 e. The van der Waals surface area contributed by atoms with Gasteiger partial charge in [0.1, 0.15) is 0 Å². The maximum Gasteiger partial charge on any atom is 0.211 e. The van der Waals surface area contributed by atoms with Crippen molar-refractivity contribution in [1.82, 2.24) is 4.31 Å². The summed E-state index contributed by atoms with van der Waals surface area (Å²) in [6, 6.07) is 0. The number of hydrogen-bond donors (Lipinski definition) is 1. The lowest BCUT2D eigenvalue weighted by Crippen LogP contribution is -2.39. The lowest BCUT2D eigenvalue weighted by Gasteiger charge is -2.29. The lowest BCUT2D eigenvalue weighted by atomic mass is 10.0. The highest BCUT2D eigenvalue weighted by Gasteiger charge is 2.26. The summed E-state index contributed by atoms with van der Waals surface area (Å²) in [5.74, 6) is -0.0667. The molecule has 1 rings (SSSR count).